The van der Waals surface area contributed by atoms with Crippen LogP contribution in [0.3, 0.4) is 0 Å². The third-order valence-corrected chi connectivity index (χ3v) is 3.97. The van der Waals surface area contributed by atoms with Gasteiger partial charge in [0.1, 0.15) is 5.69 Å². The summed E-state index contributed by atoms with van der Waals surface area (Å²) in [5.74, 6) is 0.701. The Morgan fingerprint density at radius 2 is 2.15 bits per heavy atom. The molecule has 110 valence electrons. The van der Waals surface area contributed by atoms with Crippen LogP contribution in [0, 0.1) is 0 Å². The summed E-state index contributed by atoms with van der Waals surface area (Å²) in [5, 5.41) is 8.55. The third kappa shape index (κ3) is 2.55. The average molecular weight is 295 g/mol. The average Bonchev–Trinajstić information content (AvgIpc) is 3.03. The van der Waals surface area contributed by atoms with E-state index in [0.29, 0.717) is 5.75 Å². The van der Waals surface area contributed by atoms with E-state index in [1.54, 1.807) is 13.3 Å². The second-order valence-electron chi connectivity index (χ2n) is 5.63. The van der Waals surface area contributed by atoms with Crippen LogP contribution in [0.2, 0.25) is 0 Å². The van der Waals surface area contributed by atoms with Gasteiger partial charge in [0.2, 0.25) is 0 Å². The van der Waals surface area contributed by atoms with Crippen molar-refractivity contribution in [2.45, 2.75) is 45.7 Å². The largest absolute Gasteiger partial charge is 0.493 e. The van der Waals surface area contributed by atoms with Crippen molar-refractivity contribution in [1.29, 1.82) is 0 Å². The Kier molecular flexibility index (Phi) is 4.10. The number of hydrogen-bond donors (Lipinski definition) is 1. The van der Waals surface area contributed by atoms with Gasteiger partial charge in [0.05, 0.1) is 29.9 Å². The van der Waals surface area contributed by atoms with Crippen LogP contribution in [0.5, 0.6) is 5.75 Å². The summed E-state index contributed by atoms with van der Waals surface area (Å²) in [5.41, 5.74) is 8.15. The summed E-state index contributed by atoms with van der Waals surface area (Å²) < 4.78 is 11.3. The van der Waals surface area contributed by atoms with Crippen molar-refractivity contribution in [3.63, 3.8) is 0 Å². The maximum atomic E-state index is 6.45. The van der Waals surface area contributed by atoms with E-state index in [1.165, 1.54) is 11.5 Å². The Bertz CT molecular complexity index is 562. The molecule has 0 aliphatic heterocycles. The molecule has 0 radical (unpaired) electrons. The predicted octanol–water partition coefficient (Wildman–Crippen LogP) is 2.11. The maximum Gasteiger partial charge on any atom is 0.161 e. The van der Waals surface area contributed by atoms with E-state index in [0.717, 1.165) is 22.8 Å². The van der Waals surface area contributed by atoms with Crippen LogP contribution >= 0.6 is 11.5 Å². The topological polar surface area (TPSA) is 78.9 Å². The highest BCUT2D eigenvalue weighted by Gasteiger charge is 2.29. The van der Waals surface area contributed by atoms with Crippen LogP contribution in [-0.2, 0) is 12.0 Å². The van der Waals surface area contributed by atoms with Crippen molar-refractivity contribution in [2.75, 3.05) is 7.11 Å². The second-order valence-corrected chi connectivity index (χ2v) is 6.41. The van der Waals surface area contributed by atoms with E-state index in [9.17, 15) is 0 Å². The van der Waals surface area contributed by atoms with Gasteiger partial charge >= 0.3 is 0 Å². The van der Waals surface area contributed by atoms with Gasteiger partial charge in [-0.2, -0.15) is 5.10 Å². The molecular weight excluding hydrogens is 274 g/mol. The zero-order valence-electron chi connectivity index (χ0n) is 12.5. The van der Waals surface area contributed by atoms with Crippen molar-refractivity contribution in [1.82, 2.24) is 19.4 Å². The lowest BCUT2D eigenvalue weighted by molar-refractivity contribution is 0.404. The van der Waals surface area contributed by atoms with Crippen molar-refractivity contribution < 1.29 is 4.74 Å². The molecule has 0 saturated heterocycles. The SMILES string of the molecule is CCn1ncc(OC)c1C(N)c1snnc1C(C)(C)C. The first-order chi connectivity index (χ1) is 9.40. The summed E-state index contributed by atoms with van der Waals surface area (Å²) in [4.78, 5) is 0.964. The van der Waals surface area contributed by atoms with Gasteiger partial charge in [-0.25, -0.2) is 0 Å². The third-order valence-electron chi connectivity index (χ3n) is 3.17. The first-order valence-electron chi connectivity index (χ1n) is 6.58. The zero-order valence-corrected chi connectivity index (χ0v) is 13.4. The number of aryl methyl sites for hydroxylation is 1. The van der Waals surface area contributed by atoms with Crippen molar-refractivity contribution in [3.05, 3.63) is 22.5 Å². The van der Waals surface area contributed by atoms with Crippen LogP contribution < -0.4 is 10.5 Å². The van der Waals surface area contributed by atoms with Gasteiger partial charge in [-0.05, 0) is 18.5 Å². The normalized spacial score (nSPS) is 13.5. The smallest absolute Gasteiger partial charge is 0.161 e. The summed E-state index contributed by atoms with van der Waals surface area (Å²) in [7, 11) is 1.63. The molecule has 20 heavy (non-hydrogen) atoms. The number of methoxy groups -OCH3 is 1. The van der Waals surface area contributed by atoms with Gasteiger partial charge in [-0.15, -0.1) is 5.10 Å². The highest BCUT2D eigenvalue weighted by atomic mass is 32.1. The first-order valence-corrected chi connectivity index (χ1v) is 7.35. The van der Waals surface area contributed by atoms with Gasteiger partial charge in [-0.3, -0.25) is 4.68 Å². The van der Waals surface area contributed by atoms with E-state index >= 15 is 0 Å². The second kappa shape index (κ2) is 5.49. The molecule has 2 aromatic rings. The molecule has 0 aliphatic carbocycles. The summed E-state index contributed by atoms with van der Waals surface area (Å²) >= 11 is 1.34. The Hall–Kier alpha value is -1.47. The van der Waals surface area contributed by atoms with Crippen LogP contribution in [0.15, 0.2) is 6.20 Å². The minimum Gasteiger partial charge on any atom is -0.493 e. The molecule has 0 aliphatic rings. The molecule has 0 saturated carbocycles. The van der Waals surface area contributed by atoms with Gasteiger partial charge in [0, 0.05) is 12.0 Å². The fraction of sp³-hybridized carbons (Fsp3) is 0.615. The molecule has 2 aromatic heterocycles. The fourth-order valence-electron chi connectivity index (χ4n) is 2.15. The predicted molar refractivity (Wildman–Crippen MR) is 79.1 cm³/mol. The van der Waals surface area contributed by atoms with Gasteiger partial charge in [0.25, 0.3) is 0 Å². The Labute approximate surface area is 123 Å². The van der Waals surface area contributed by atoms with Crippen LogP contribution in [-0.4, -0.2) is 26.5 Å². The van der Waals surface area contributed by atoms with Gasteiger partial charge in [-0.1, -0.05) is 25.3 Å². The molecule has 7 heteroatoms. The minimum absolute atomic E-state index is 0.0930. The fourth-order valence-corrected chi connectivity index (χ4v) is 3.02. The number of aromatic nitrogens is 4. The lowest BCUT2D eigenvalue weighted by Crippen LogP contribution is -2.22. The molecule has 0 amide bonds. The molecule has 1 unspecified atom stereocenters. The minimum atomic E-state index is -0.332. The Balaban J connectivity index is 2.49. The van der Waals surface area contributed by atoms with E-state index in [1.807, 2.05) is 11.6 Å². The van der Waals surface area contributed by atoms with Crippen molar-refractivity contribution in [3.8, 4) is 5.75 Å². The molecule has 1 atom stereocenters. The van der Waals surface area contributed by atoms with E-state index in [4.69, 9.17) is 10.5 Å². The first kappa shape index (κ1) is 14.9. The maximum absolute atomic E-state index is 6.45. The Morgan fingerprint density at radius 1 is 1.45 bits per heavy atom. The molecule has 6 nitrogen and oxygen atoms in total. The summed E-state index contributed by atoms with van der Waals surface area (Å²) in [6.45, 7) is 9.08. The molecule has 0 aromatic carbocycles. The molecule has 0 bridgehead atoms. The quantitative estimate of drug-likeness (QED) is 0.934. The number of nitrogens with zero attached hydrogens (tertiary/aromatic N) is 4. The highest BCUT2D eigenvalue weighted by molar-refractivity contribution is 7.05. The summed E-state index contributed by atoms with van der Waals surface area (Å²) in [6.07, 6.45) is 1.70. The van der Waals surface area contributed by atoms with E-state index < -0.39 is 0 Å². The lowest BCUT2D eigenvalue weighted by atomic mass is 9.89. The van der Waals surface area contributed by atoms with Crippen LogP contribution in [0.4, 0.5) is 0 Å². The van der Waals surface area contributed by atoms with Crippen LogP contribution in [0.1, 0.15) is 50.0 Å². The standard InChI is InChI=1S/C13H21N5OS/c1-6-18-10(8(19-5)7-15-18)9(14)11-12(13(2,3)4)16-17-20-11/h7,9H,6,14H2,1-5H3. The number of nitrogens with two attached hydrogens (primary N) is 1. The molecular formula is C13H21N5OS. The van der Waals surface area contributed by atoms with Crippen molar-refractivity contribution >= 4 is 11.5 Å². The summed E-state index contributed by atoms with van der Waals surface area (Å²) in [6, 6.07) is -0.332. The van der Waals surface area contributed by atoms with Gasteiger partial charge in [0.15, 0.2) is 5.75 Å². The Morgan fingerprint density at radius 3 is 2.70 bits per heavy atom. The van der Waals surface area contributed by atoms with E-state index in [2.05, 4.69) is 35.5 Å². The number of ether oxygens (including phenoxy) is 1. The molecule has 0 spiro atoms. The number of hydrogen-bond acceptors (Lipinski definition) is 6. The highest BCUT2D eigenvalue weighted by Crippen LogP contribution is 2.35. The molecule has 0 fully saturated rings. The lowest BCUT2D eigenvalue weighted by Gasteiger charge is -2.20. The molecule has 2 N–H and O–H groups in total. The monoisotopic (exact) mass is 295 g/mol. The van der Waals surface area contributed by atoms with Crippen LogP contribution in [0.25, 0.3) is 0 Å². The zero-order chi connectivity index (χ0) is 14.9. The van der Waals surface area contributed by atoms with E-state index in [-0.39, 0.29) is 11.5 Å². The van der Waals surface area contributed by atoms with Crippen molar-refractivity contribution in [2.24, 2.45) is 5.73 Å². The number of rotatable bonds is 4. The molecule has 2 rings (SSSR count). The molecule has 2 heterocycles. The van der Waals surface area contributed by atoms with Gasteiger partial charge < -0.3 is 10.5 Å².